The number of anilines is 1. The highest BCUT2D eigenvalue weighted by Gasteiger charge is 2.59. The van der Waals surface area contributed by atoms with Crippen LogP contribution in [0.4, 0.5) is 5.82 Å². The molecular formula is C23H25N3O3. The van der Waals surface area contributed by atoms with E-state index in [9.17, 15) is 9.90 Å². The summed E-state index contributed by atoms with van der Waals surface area (Å²) in [4.78, 5) is 16.9. The molecule has 4 N–H and O–H groups in total. The van der Waals surface area contributed by atoms with Crippen molar-refractivity contribution in [3.05, 3.63) is 60.4 Å². The molecule has 1 aromatic carbocycles. The predicted molar refractivity (Wildman–Crippen MR) is 110 cm³/mol. The number of nitrogen functional groups attached to an aromatic ring is 1. The van der Waals surface area contributed by atoms with Gasteiger partial charge >= 0.3 is 0 Å². The van der Waals surface area contributed by atoms with Gasteiger partial charge < -0.3 is 20.9 Å². The largest absolute Gasteiger partial charge is 0.489 e. The summed E-state index contributed by atoms with van der Waals surface area (Å²) in [5.74, 6) is 0.202. The second-order valence-corrected chi connectivity index (χ2v) is 8.33. The van der Waals surface area contributed by atoms with Gasteiger partial charge in [0.25, 0.3) is 0 Å². The van der Waals surface area contributed by atoms with Crippen LogP contribution < -0.4 is 11.1 Å². The number of carbonyl (C=O) groups excluding carboxylic acids is 1. The van der Waals surface area contributed by atoms with Crippen molar-refractivity contribution in [1.29, 1.82) is 0 Å². The van der Waals surface area contributed by atoms with Gasteiger partial charge in [0.15, 0.2) is 11.9 Å². The average Bonchev–Trinajstić information content (AvgIpc) is 3.16. The SMILES string of the molecule is Nc1cccc(-c2ccc(C(C3OC=CC3=O)C3(O)C4CCC3CNC4)cc2)n1. The van der Waals surface area contributed by atoms with Gasteiger partial charge in [0.1, 0.15) is 5.82 Å². The van der Waals surface area contributed by atoms with Crippen LogP contribution in [-0.2, 0) is 9.53 Å². The minimum absolute atomic E-state index is 0.0806. The molecule has 2 aromatic rings. The zero-order valence-electron chi connectivity index (χ0n) is 16.1. The monoisotopic (exact) mass is 391 g/mol. The number of fused-ring (bicyclic) bond motifs is 2. The minimum Gasteiger partial charge on any atom is -0.489 e. The molecule has 1 saturated heterocycles. The summed E-state index contributed by atoms with van der Waals surface area (Å²) in [5, 5.41) is 15.4. The lowest BCUT2D eigenvalue weighted by molar-refractivity contribution is -0.134. The average molecular weight is 391 g/mol. The topological polar surface area (TPSA) is 97.5 Å². The number of aliphatic hydroxyl groups is 1. The molecule has 29 heavy (non-hydrogen) atoms. The van der Waals surface area contributed by atoms with Crippen LogP contribution in [0, 0.1) is 11.8 Å². The van der Waals surface area contributed by atoms with E-state index < -0.39 is 17.6 Å². The number of nitrogens with one attached hydrogen (secondary N) is 1. The van der Waals surface area contributed by atoms with Gasteiger partial charge in [-0.25, -0.2) is 4.98 Å². The normalized spacial score (nSPS) is 31.6. The Balaban J connectivity index is 1.54. The van der Waals surface area contributed by atoms with E-state index in [1.165, 1.54) is 12.3 Å². The maximum absolute atomic E-state index is 12.6. The van der Waals surface area contributed by atoms with Gasteiger partial charge in [-0.2, -0.15) is 0 Å². The number of nitrogens with zero attached hydrogens (tertiary/aromatic N) is 1. The minimum atomic E-state index is -0.964. The Kier molecular flexibility index (Phi) is 4.41. The molecule has 6 nitrogen and oxygen atoms in total. The summed E-state index contributed by atoms with van der Waals surface area (Å²) in [6.07, 6.45) is 4.17. The molecule has 3 aliphatic rings. The van der Waals surface area contributed by atoms with Crippen molar-refractivity contribution in [2.75, 3.05) is 18.8 Å². The van der Waals surface area contributed by atoms with Crippen LogP contribution in [-0.4, -0.2) is 40.7 Å². The molecule has 3 heterocycles. The van der Waals surface area contributed by atoms with Crippen LogP contribution in [0.5, 0.6) is 0 Å². The third kappa shape index (κ3) is 2.94. The first-order valence-electron chi connectivity index (χ1n) is 10.2. The molecule has 2 aliphatic heterocycles. The third-order valence-corrected chi connectivity index (χ3v) is 6.83. The molecule has 6 heteroatoms. The fourth-order valence-corrected chi connectivity index (χ4v) is 5.42. The molecule has 2 bridgehead atoms. The smallest absolute Gasteiger partial charge is 0.199 e. The molecule has 150 valence electrons. The van der Waals surface area contributed by atoms with Crippen molar-refractivity contribution in [2.45, 2.75) is 30.5 Å². The fourth-order valence-electron chi connectivity index (χ4n) is 5.42. The van der Waals surface area contributed by atoms with Crippen LogP contribution >= 0.6 is 0 Å². The first-order chi connectivity index (χ1) is 14.1. The van der Waals surface area contributed by atoms with E-state index in [0.29, 0.717) is 5.82 Å². The number of carbonyl (C=O) groups is 1. The first kappa shape index (κ1) is 18.3. The van der Waals surface area contributed by atoms with Crippen molar-refractivity contribution in [2.24, 2.45) is 11.8 Å². The number of piperidine rings is 1. The lowest BCUT2D eigenvalue weighted by Crippen LogP contribution is -2.58. The van der Waals surface area contributed by atoms with E-state index in [0.717, 1.165) is 42.8 Å². The first-order valence-corrected chi connectivity index (χ1v) is 10.2. The number of nitrogens with two attached hydrogens (primary N) is 1. The van der Waals surface area contributed by atoms with Gasteiger partial charge in [-0.15, -0.1) is 0 Å². The fraction of sp³-hybridized carbons (Fsp3) is 0.391. The van der Waals surface area contributed by atoms with Crippen molar-refractivity contribution < 1.29 is 14.6 Å². The second-order valence-electron chi connectivity index (χ2n) is 8.33. The molecule has 2 fully saturated rings. The maximum Gasteiger partial charge on any atom is 0.199 e. The van der Waals surface area contributed by atoms with Crippen molar-refractivity contribution in [1.82, 2.24) is 10.3 Å². The molecule has 1 aliphatic carbocycles. The van der Waals surface area contributed by atoms with Crippen molar-refractivity contribution in [3.63, 3.8) is 0 Å². The molecule has 0 spiro atoms. The summed E-state index contributed by atoms with van der Waals surface area (Å²) in [6.45, 7) is 1.53. The highest BCUT2D eigenvalue weighted by molar-refractivity contribution is 5.96. The van der Waals surface area contributed by atoms with E-state index in [1.807, 2.05) is 36.4 Å². The molecule has 0 radical (unpaired) electrons. The van der Waals surface area contributed by atoms with Gasteiger partial charge in [0, 0.05) is 36.6 Å². The van der Waals surface area contributed by atoms with Gasteiger partial charge in [0.05, 0.1) is 23.5 Å². The van der Waals surface area contributed by atoms with E-state index in [2.05, 4.69) is 10.3 Å². The van der Waals surface area contributed by atoms with E-state index in [1.54, 1.807) is 6.07 Å². The molecule has 4 unspecified atom stereocenters. The lowest BCUT2D eigenvalue weighted by Gasteiger charge is -2.47. The Bertz CT molecular complexity index is 940. The highest BCUT2D eigenvalue weighted by atomic mass is 16.5. The maximum atomic E-state index is 12.6. The molecular weight excluding hydrogens is 366 g/mol. The Hall–Kier alpha value is -2.70. The van der Waals surface area contributed by atoms with E-state index in [-0.39, 0.29) is 17.6 Å². The number of hydrogen-bond donors (Lipinski definition) is 3. The van der Waals surface area contributed by atoms with Crippen LogP contribution in [0.1, 0.15) is 24.3 Å². The van der Waals surface area contributed by atoms with E-state index in [4.69, 9.17) is 10.5 Å². The standard InChI is InChI=1S/C23H25N3O3/c24-20-3-1-2-18(26-20)14-4-6-15(7-5-14)21(22-19(27)10-11-29-22)23(28)16-8-9-17(23)13-25-12-16/h1-7,10-11,16-17,21-22,25,28H,8-9,12-13H2,(H2,24,26). The van der Waals surface area contributed by atoms with Gasteiger partial charge in [-0.05, 0) is 30.5 Å². The zero-order chi connectivity index (χ0) is 20.0. The third-order valence-electron chi connectivity index (χ3n) is 6.83. The molecule has 0 amide bonds. The quantitative estimate of drug-likeness (QED) is 0.740. The number of ketones is 1. The number of rotatable bonds is 4. The zero-order valence-corrected chi connectivity index (χ0v) is 16.1. The summed E-state index contributed by atoms with van der Waals surface area (Å²) in [6, 6.07) is 13.5. The molecule has 5 rings (SSSR count). The van der Waals surface area contributed by atoms with Gasteiger partial charge in [-0.1, -0.05) is 30.3 Å². The Labute approximate surface area is 169 Å². The summed E-state index contributed by atoms with van der Waals surface area (Å²) < 4.78 is 5.72. The number of benzene rings is 1. The summed E-state index contributed by atoms with van der Waals surface area (Å²) in [7, 11) is 0. The van der Waals surface area contributed by atoms with Crippen molar-refractivity contribution >= 4 is 11.6 Å². The van der Waals surface area contributed by atoms with Crippen LogP contribution in [0.25, 0.3) is 11.3 Å². The van der Waals surface area contributed by atoms with Crippen LogP contribution in [0.3, 0.4) is 0 Å². The van der Waals surface area contributed by atoms with Crippen molar-refractivity contribution in [3.8, 4) is 11.3 Å². The number of pyridine rings is 1. The Morgan fingerprint density at radius 3 is 2.48 bits per heavy atom. The predicted octanol–water partition coefficient (Wildman–Crippen LogP) is 2.26. The van der Waals surface area contributed by atoms with Gasteiger partial charge in [-0.3, -0.25) is 4.79 Å². The number of hydrogen-bond acceptors (Lipinski definition) is 6. The molecule has 4 atom stereocenters. The van der Waals surface area contributed by atoms with Gasteiger partial charge in [0.2, 0.25) is 0 Å². The second kappa shape index (κ2) is 6.97. The Morgan fingerprint density at radius 2 is 1.86 bits per heavy atom. The Morgan fingerprint density at radius 1 is 1.14 bits per heavy atom. The van der Waals surface area contributed by atoms with E-state index >= 15 is 0 Å². The summed E-state index contributed by atoms with van der Waals surface area (Å²) >= 11 is 0. The summed E-state index contributed by atoms with van der Waals surface area (Å²) in [5.41, 5.74) is 7.50. The van der Waals surface area contributed by atoms with Crippen LogP contribution in [0.15, 0.2) is 54.8 Å². The number of aromatic nitrogens is 1. The molecule has 1 aromatic heterocycles. The number of ether oxygens (including phenoxy) is 1. The van der Waals surface area contributed by atoms with Crippen LogP contribution in [0.2, 0.25) is 0 Å². The highest BCUT2D eigenvalue weighted by Crippen LogP contribution is 2.52. The lowest BCUT2D eigenvalue weighted by atomic mass is 9.66. The molecule has 1 saturated carbocycles.